The number of hydrogen-bond donors (Lipinski definition) is 1. The van der Waals surface area contributed by atoms with Gasteiger partial charge in [0.2, 0.25) is 5.91 Å². The summed E-state index contributed by atoms with van der Waals surface area (Å²) in [6, 6.07) is 19.8. The van der Waals surface area contributed by atoms with Crippen LogP contribution >= 0.6 is 11.6 Å². The number of anilines is 1. The molecule has 0 saturated carbocycles. The molecule has 2 fully saturated rings. The molecule has 0 radical (unpaired) electrons. The lowest BCUT2D eigenvalue weighted by Gasteiger charge is -2.43. The fraction of sp³-hybridized carbons (Fsp3) is 0.457. The van der Waals surface area contributed by atoms with Gasteiger partial charge in [-0.05, 0) is 73.3 Å². The molecule has 2 saturated heterocycles. The highest BCUT2D eigenvalue weighted by molar-refractivity contribution is 6.31. The Morgan fingerprint density at radius 2 is 1.70 bits per heavy atom. The van der Waals surface area contributed by atoms with E-state index in [1.165, 1.54) is 24.3 Å². The van der Waals surface area contributed by atoms with Crippen LogP contribution in [-0.2, 0) is 24.1 Å². The minimum absolute atomic E-state index is 0.00672. The monoisotopic (exact) mass is 660 g/mol. The second kappa shape index (κ2) is 14.7. The molecule has 2 aliphatic rings. The molecule has 248 valence electrons. The highest BCUT2D eigenvalue weighted by Gasteiger charge is 2.54. The van der Waals surface area contributed by atoms with Crippen LogP contribution in [0.4, 0.5) is 23.2 Å². The Labute approximate surface area is 273 Å². The van der Waals surface area contributed by atoms with Crippen LogP contribution in [0.3, 0.4) is 0 Å². The Morgan fingerprint density at radius 1 is 1.00 bits per heavy atom. The van der Waals surface area contributed by atoms with Crippen molar-refractivity contribution < 1.29 is 27.5 Å². The fourth-order valence-corrected chi connectivity index (χ4v) is 6.95. The fourth-order valence-electron chi connectivity index (χ4n) is 6.71. The maximum Gasteiger partial charge on any atom is 0.416 e. The lowest BCUT2D eigenvalue weighted by atomic mass is 9.85. The molecule has 1 amide bonds. The van der Waals surface area contributed by atoms with Crippen molar-refractivity contribution in [3.8, 4) is 0 Å². The molecule has 6 nitrogen and oxygen atoms in total. The van der Waals surface area contributed by atoms with E-state index in [0.29, 0.717) is 44.7 Å². The normalized spacial score (nSPS) is 17.8. The molecule has 0 aromatic heterocycles. The molecule has 3 aromatic rings. The first-order valence-electron chi connectivity index (χ1n) is 15.8. The first kappa shape index (κ1) is 34.2. The number of carbonyl (C=O) groups is 1. The lowest BCUT2D eigenvalue weighted by molar-refractivity contribution is -0.138. The molecule has 1 atom stereocenters. The molecule has 1 spiro atoms. The number of unbranched alkanes of at least 4 members (excludes halogenated alkanes) is 1. The van der Waals surface area contributed by atoms with Crippen molar-refractivity contribution in [2.75, 3.05) is 44.3 Å². The van der Waals surface area contributed by atoms with Crippen molar-refractivity contribution in [2.45, 2.75) is 63.5 Å². The second-order valence-electron chi connectivity index (χ2n) is 12.4. The molecular weight excluding hydrogens is 620 g/mol. The molecule has 0 bridgehead atoms. The minimum atomic E-state index is -4.54. The van der Waals surface area contributed by atoms with Gasteiger partial charge in [-0.3, -0.25) is 14.6 Å². The van der Waals surface area contributed by atoms with Crippen LogP contribution in [0, 0.1) is 5.82 Å². The average Bonchev–Trinajstić information content (AvgIpc) is 3.28. The van der Waals surface area contributed by atoms with Crippen LogP contribution < -0.4 is 4.90 Å². The summed E-state index contributed by atoms with van der Waals surface area (Å²) < 4.78 is 55.1. The first-order chi connectivity index (χ1) is 22.0. The van der Waals surface area contributed by atoms with Crippen molar-refractivity contribution in [3.05, 3.63) is 100 Å². The van der Waals surface area contributed by atoms with Gasteiger partial charge in [0.1, 0.15) is 11.4 Å². The van der Waals surface area contributed by atoms with Gasteiger partial charge >= 0.3 is 6.18 Å². The number of rotatable bonds is 12. The molecule has 0 aliphatic carbocycles. The molecule has 3 aromatic carbocycles. The second-order valence-corrected chi connectivity index (χ2v) is 12.8. The number of aliphatic hydroxyl groups excluding tert-OH is 1. The number of amides is 1. The number of β-amino-alcohol motifs (C(OH)–C–C–N with tert-alkyl or cyclic N) is 1. The zero-order valence-electron chi connectivity index (χ0n) is 26.0. The average molecular weight is 661 g/mol. The van der Waals surface area contributed by atoms with Gasteiger partial charge in [-0.15, -0.1) is 0 Å². The summed E-state index contributed by atoms with van der Waals surface area (Å²) >= 11 is 6.24. The van der Waals surface area contributed by atoms with Crippen molar-refractivity contribution in [2.24, 2.45) is 0 Å². The summed E-state index contributed by atoms with van der Waals surface area (Å²) in [4.78, 5) is 22.0. The zero-order chi connectivity index (χ0) is 32.9. The third kappa shape index (κ3) is 7.85. The molecule has 5 rings (SSSR count). The highest BCUT2D eigenvalue weighted by atomic mass is 35.5. The summed E-state index contributed by atoms with van der Waals surface area (Å²) in [5, 5.41) is 11.3. The number of aliphatic hydroxyl groups is 1. The number of hydrogen-bond acceptors (Lipinski definition) is 5. The molecule has 11 heteroatoms. The van der Waals surface area contributed by atoms with E-state index in [2.05, 4.69) is 24.0 Å². The van der Waals surface area contributed by atoms with Gasteiger partial charge in [0.15, 0.2) is 0 Å². The Hall–Kier alpha value is -3.18. The number of benzene rings is 3. The van der Waals surface area contributed by atoms with Gasteiger partial charge in [-0.2, -0.15) is 13.2 Å². The number of nitrogens with zero attached hydrogens (tertiary/aromatic N) is 4. The van der Waals surface area contributed by atoms with Crippen LogP contribution in [0.15, 0.2) is 72.8 Å². The first-order valence-corrected chi connectivity index (χ1v) is 16.2. The molecule has 2 heterocycles. The van der Waals surface area contributed by atoms with Crippen LogP contribution in [0.5, 0.6) is 0 Å². The number of carbonyl (C=O) groups excluding carboxylic acids is 1. The van der Waals surface area contributed by atoms with Gasteiger partial charge in [0, 0.05) is 50.0 Å². The number of halogens is 5. The third-order valence-electron chi connectivity index (χ3n) is 9.12. The van der Waals surface area contributed by atoms with Crippen LogP contribution in [-0.4, -0.2) is 76.7 Å². The highest BCUT2D eigenvalue weighted by Crippen LogP contribution is 2.41. The van der Waals surface area contributed by atoms with E-state index in [9.17, 15) is 27.5 Å². The minimum Gasteiger partial charge on any atom is -0.390 e. The summed E-state index contributed by atoms with van der Waals surface area (Å²) in [7, 11) is 0. The predicted molar refractivity (Wildman–Crippen MR) is 172 cm³/mol. The van der Waals surface area contributed by atoms with Crippen LogP contribution in [0.25, 0.3) is 0 Å². The summed E-state index contributed by atoms with van der Waals surface area (Å²) in [5.74, 6) is -0.524. The predicted octanol–water partition coefficient (Wildman–Crippen LogP) is 6.80. The van der Waals surface area contributed by atoms with Crippen molar-refractivity contribution in [3.63, 3.8) is 0 Å². The zero-order valence-corrected chi connectivity index (χ0v) is 26.8. The Morgan fingerprint density at radius 3 is 2.35 bits per heavy atom. The topological polar surface area (TPSA) is 50.3 Å². The summed E-state index contributed by atoms with van der Waals surface area (Å²) in [6.07, 6.45) is -2.61. The van der Waals surface area contributed by atoms with E-state index in [0.717, 1.165) is 31.0 Å². The summed E-state index contributed by atoms with van der Waals surface area (Å²) in [5.41, 5.74) is 0.127. The molecule has 46 heavy (non-hydrogen) atoms. The Kier molecular flexibility index (Phi) is 10.9. The number of piperidine rings is 1. The van der Waals surface area contributed by atoms with Gasteiger partial charge in [0.05, 0.1) is 18.3 Å². The van der Waals surface area contributed by atoms with E-state index >= 15 is 0 Å². The maximum absolute atomic E-state index is 14.2. The smallest absolute Gasteiger partial charge is 0.390 e. The van der Waals surface area contributed by atoms with E-state index in [4.69, 9.17) is 11.6 Å². The van der Waals surface area contributed by atoms with Gasteiger partial charge in [-0.1, -0.05) is 61.3 Å². The van der Waals surface area contributed by atoms with Gasteiger partial charge < -0.3 is 14.9 Å². The number of alkyl halides is 3. The standard InChI is InChI=1S/C35H41ClF4N4O2/c1-2-3-18-42(21-26-8-5-4-6-9-26)22-29(45)23-43-25-44(28-14-12-27(37)13-15-28)34(33(43)46)16-19-41(20-17-34)24-30-31(35(38,39)40)10-7-11-32(30)36/h4-15,29,45H,2-3,16-25H2,1H3. The maximum atomic E-state index is 14.2. The molecule has 1 unspecified atom stereocenters. The van der Waals surface area contributed by atoms with Crippen LogP contribution in [0.2, 0.25) is 5.02 Å². The largest absolute Gasteiger partial charge is 0.416 e. The van der Waals surface area contributed by atoms with Crippen molar-refractivity contribution >= 4 is 23.2 Å². The third-order valence-corrected chi connectivity index (χ3v) is 9.47. The van der Waals surface area contributed by atoms with Crippen LogP contribution in [0.1, 0.15) is 49.3 Å². The molecule has 2 aliphatic heterocycles. The summed E-state index contributed by atoms with van der Waals surface area (Å²) in [6.45, 7) is 5.12. The van der Waals surface area contributed by atoms with E-state index < -0.39 is 29.2 Å². The number of likely N-dealkylation sites (tertiary alicyclic amines) is 1. The molecular formula is C35H41ClF4N4O2. The Balaban J connectivity index is 1.32. The van der Waals surface area contributed by atoms with E-state index in [1.807, 2.05) is 28.0 Å². The van der Waals surface area contributed by atoms with E-state index in [1.54, 1.807) is 17.0 Å². The lowest BCUT2D eigenvalue weighted by Crippen LogP contribution is -2.56. The van der Waals surface area contributed by atoms with Gasteiger partial charge in [0.25, 0.3) is 0 Å². The van der Waals surface area contributed by atoms with Crippen molar-refractivity contribution in [1.29, 1.82) is 0 Å². The van der Waals surface area contributed by atoms with Crippen molar-refractivity contribution in [1.82, 2.24) is 14.7 Å². The quantitative estimate of drug-likeness (QED) is 0.217. The van der Waals surface area contributed by atoms with Gasteiger partial charge in [-0.25, -0.2) is 4.39 Å². The Bertz CT molecular complexity index is 1450. The van der Waals surface area contributed by atoms with E-state index in [-0.39, 0.29) is 36.3 Å². The SMILES string of the molecule is CCCCN(Cc1ccccc1)CC(O)CN1CN(c2ccc(F)cc2)C2(CCN(Cc3c(Cl)cccc3C(F)(F)F)CC2)C1=O. The molecule has 1 N–H and O–H groups in total.